The van der Waals surface area contributed by atoms with Gasteiger partial charge >= 0.3 is 6.18 Å². The van der Waals surface area contributed by atoms with E-state index in [1.54, 1.807) is 0 Å². The van der Waals surface area contributed by atoms with Crippen molar-refractivity contribution in [3.63, 3.8) is 0 Å². The van der Waals surface area contributed by atoms with Gasteiger partial charge in [0.05, 0.1) is 0 Å². The average molecular weight is 232 g/mol. The number of anilines is 2. The van der Waals surface area contributed by atoms with E-state index in [9.17, 15) is 13.2 Å². The zero-order valence-corrected chi connectivity index (χ0v) is 8.38. The standard InChI is InChI=1S/C9H11F3N4/c10-9(11,12)6-4-14-8(13)16-7(6)15-5-2-1-3-5/h4-5H,1-3H2,(H3,13,14,15,16). The van der Waals surface area contributed by atoms with E-state index in [4.69, 9.17) is 5.73 Å². The van der Waals surface area contributed by atoms with Crippen molar-refractivity contribution in [1.82, 2.24) is 9.97 Å². The third-order valence-electron chi connectivity index (χ3n) is 2.56. The summed E-state index contributed by atoms with van der Waals surface area (Å²) >= 11 is 0. The monoisotopic (exact) mass is 232 g/mol. The molecule has 0 atom stereocenters. The second-order valence-corrected chi connectivity index (χ2v) is 3.76. The summed E-state index contributed by atoms with van der Waals surface area (Å²) in [6.07, 6.45) is -0.995. The number of nitrogens with one attached hydrogen (secondary N) is 1. The Kier molecular flexibility index (Phi) is 2.61. The number of hydrogen-bond acceptors (Lipinski definition) is 4. The highest BCUT2D eigenvalue weighted by molar-refractivity contribution is 5.48. The first-order valence-corrected chi connectivity index (χ1v) is 4.93. The van der Waals surface area contributed by atoms with Gasteiger partial charge in [-0.1, -0.05) is 0 Å². The SMILES string of the molecule is Nc1ncc(C(F)(F)F)c(NC2CCC2)n1. The minimum atomic E-state index is -4.46. The molecule has 16 heavy (non-hydrogen) atoms. The normalized spacial score (nSPS) is 16.9. The maximum Gasteiger partial charge on any atom is 0.421 e. The number of alkyl halides is 3. The lowest BCUT2D eigenvalue weighted by atomic mass is 9.93. The van der Waals surface area contributed by atoms with Crippen molar-refractivity contribution in [3.8, 4) is 0 Å². The predicted molar refractivity (Wildman–Crippen MR) is 52.7 cm³/mol. The topological polar surface area (TPSA) is 63.8 Å². The zero-order valence-electron chi connectivity index (χ0n) is 8.38. The third-order valence-corrected chi connectivity index (χ3v) is 2.56. The number of hydrogen-bond donors (Lipinski definition) is 2. The maximum absolute atomic E-state index is 12.6. The summed E-state index contributed by atoms with van der Waals surface area (Å²) in [6, 6.07) is 0.0652. The second kappa shape index (κ2) is 3.80. The highest BCUT2D eigenvalue weighted by Gasteiger charge is 2.36. The zero-order chi connectivity index (χ0) is 11.8. The molecule has 3 N–H and O–H groups in total. The molecule has 1 aliphatic carbocycles. The first-order valence-electron chi connectivity index (χ1n) is 4.93. The van der Waals surface area contributed by atoms with E-state index in [1.807, 2.05) is 0 Å². The quantitative estimate of drug-likeness (QED) is 0.819. The lowest BCUT2D eigenvalue weighted by Crippen LogP contribution is -2.29. The smallest absolute Gasteiger partial charge is 0.368 e. The fourth-order valence-electron chi connectivity index (χ4n) is 1.46. The van der Waals surface area contributed by atoms with Gasteiger partial charge in [0.15, 0.2) is 0 Å². The predicted octanol–water partition coefficient (Wildman–Crippen LogP) is 2.04. The molecule has 1 aromatic heterocycles. The summed E-state index contributed by atoms with van der Waals surface area (Å²) in [5, 5.41) is 2.74. The fourth-order valence-corrected chi connectivity index (χ4v) is 1.46. The highest BCUT2D eigenvalue weighted by Crippen LogP contribution is 2.35. The molecule has 1 heterocycles. The van der Waals surface area contributed by atoms with Gasteiger partial charge in [0, 0.05) is 12.2 Å². The van der Waals surface area contributed by atoms with Crippen LogP contribution in [0.3, 0.4) is 0 Å². The number of rotatable bonds is 2. The number of nitrogens with zero attached hydrogens (tertiary/aromatic N) is 2. The van der Waals surface area contributed by atoms with Crippen LogP contribution in [-0.4, -0.2) is 16.0 Å². The van der Waals surface area contributed by atoms with E-state index in [-0.39, 0.29) is 17.8 Å². The maximum atomic E-state index is 12.6. The fraction of sp³-hybridized carbons (Fsp3) is 0.556. The van der Waals surface area contributed by atoms with E-state index < -0.39 is 11.7 Å². The number of halogens is 3. The van der Waals surface area contributed by atoms with Gasteiger partial charge in [-0.05, 0) is 19.3 Å². The molecule has 0 aromatic carbocycles. The molecule has 2 rings (SSSR count). The Morgan fingerprint density at radius 2 is 2.06 bits per heavy atom. The third kappa shape index (κ3) is 2.17. The second-order valence-electron chi connectivity index (χ2n) is 3.76. The molecule has 7 heteroatoms. The molecule has 1 fully saturated rings. The summed E-state index contributed by atoms with van der Waals surface area (Å²) in [7, 11) is 0. The van der Waals surface area contributed by atoms with E-state index in [0.29, 0.717) is 6.20 Å². The Labute approximate surface area is 90.1 Å². The van der Waals surface area contributed by atoms with Gasteiger partial charge in [0.2, 0.25) is 5.95 Å². The molecule has 0 unspecified atom stereocenters. The van der Waals surface area contributed by atoms with E-state index in [2.05, 4.69) is 15.3 Å². The van der Waals surface area contributed by atoms with Crippen LogP contribution in [0.25, 0.3) is 0 Å². The van der Waals surface area contributed by atoms with Crippen LogP contribution in [0.4, 0.5) is 24.9 Å². The van der Waals surface area contributed by atoms with Crippen LogP contribution in [0.1, 0.15) is 24.8 Å². The molecule has 0 saturated heterocycles. The van der Waals surface area contributed by atoms with Gasteiger partial charge in [-0.2, -0.15) is 18.2 Å². The van der Waals surface area contributed by atoms with Gasteiger partial charge in [-0.15, -0.1) is 0 Å². The molecule has 0 radical (unpaired) electrons. The van der Waals surface area contributed by atoms with Gasteiger partial charge < -0.3 is 11.1 Å². The van der Waals surface area contributed by atoms with Crippen LogP contribution in [0.2, 0.25) is 0 Å². The molecule has 0 amide bonds. The van der Waals surface area contributed by atoms with Crippen molar-refractivity contribution in [2.24, 2.45) is 0 Å². The number of aromatic nitrogens is 2. The van der Waals surface area contributed by atoms with Crippen molar-refractivity contribution >= 4 is 11.8 Å². The molecule has 0 bridgehead atoms. The van der Waals surface area contributed by atoms with Gasteiger partial charge in [0.25, 0.3) is 0 Å². The minimum absolute atomic E-state index is 0.0652. The lowest BCUT2D eigenvalue weighted by molar-refractivity contribution is -0.137. The van der Waals surface area contributed by atoms with Crippen molar-refractivity contribution in [3.05, 3.63) is 11.8 Å². The van der Waals surface area contributed by atoms with Crippen LogP contribution in [0, 0.1) is 0 Å². The number of nitrogen functional groups attached to an aromatic ring is 1. The van der Waals surface area contributed by atoms with Gasteiger partial charge in [0.1, 0.15) is 11.4 Å². The molecule has 0 spiro atoms. The van der Waals surface area contributed by atoms with E-state index in [0.717, 1.165) is 19.3 Å². The average Bonchev–Trinajstić information content (AvgIpc) is 2.09. The Morgan fingerprint density at radius 3 is 2.56 bits per heavy atom. The summed E-state index contributed by atoms with van der Waals surface area (Å²) in [5.74, 6) is -0.375. The summed E-state index contributed by atoms with van der Waals surface area (Å²) in [4.78, 5) is 6.96. The molecular weight excluding hydrogens is 221 g/mol. The van der Waals surface area contributed by atoms with Crippen LogP contribution in [0.15, 0.2) is 6.20 Å². The Balaban J connectivity index is 2.28. The van der Waals surface area contributed by atoms with Gasteiger partial charge in [-0.3, -0.25) is 0 Å². The Bertz CT molecular complexity index is 387. The van der Waals surface area contributed by atoms with Crippen molar-refractivity contribution in [2.45, 2.75) is 31.5 Å². The largest absolute Gasteiger partial charge is 0.421 e. The van der Waals surface area contributed by atoms with E-state index in [1.165, 1.54) is 0 Å². The van der Waals surface area contributed by atoms with Crippen molar-refractivity contribution in [2.75, 3.05) is 11.1 Å². The summed E-state index contributed by atoms with van der Waals surface area (Å²) < 4.78 is 37.8. The molecule has 4 nitrogen and oxygen atoms in total. The van der Waals surface area contributed by atoms with Crippen LogP contribution >= 0.6 is 0 Å². The molecule has 88 valence electrons. The van der Waals surface area contributed by atoms with Crippen molar-refractivity contribution in [1.29, 1.82) is 0 Å². The first-order chi connectivity index (χ1) is 7.47. The molecule has 1 aromatic rings. The summed E-state index contributed by atoms with van der Waals surface area (Å²) in [6.45, 7) is 0. The van der Waals surface area contributed by atoms with Crippen LogP contribution in [-0.2, 0) is 6.18 Å². The number of nitrogens with two attached hydrogens (primary N) is 1. The Hall–Kier alpha value is -1.53. The van der Waals surface area contributed by atoms with E-state index >= 15 is 0 Å². The van der Waals surface area contributed by atoms with Gasteiger partial charge in [-0.25, -0.2) is 4.98 Å². The molecular formula is C9H11F3N4. The minimum Gasteiger partial charge on any atom is -0.368 e. The lowest BCUT2D eigenvalue weighted by Gasteiger charge is -2.28. The molecule has 1 saturated carbocycles. The van der Waals surface area contributed by atoms with Crippen molar-refractivity contribution < 1.29 is 13.2 Å². The Morgan fingerprint density at radius 1 is 1.38 bits per heavy atom. The first kappa shape index (κ1) is 11.0. The van der Waals surface area contributed by atoms with Crippen LogP contribution < -0.4 is 11.1 Å². The molecule has 0 aliphatic heterocycles. The highest BCUT2D eigenvalue weighted by atomic mass is 19.4. The van der Waals surface area contributed by atoms with Crippen LogP contribution in [0.5, 0.6) is 0 Å². The molecule has 1 aliphatic rings. The summed E-state index contributed by atoms with van der Waals surface area (Å²) in [5.41, 5.74) is 4.41.